The molecule has 0 radical (unpaired) electrons. The molecule has 10 nitrogen and oxygen atoms in total. The van der Waals surface area contributed by atoms with E-state index in [9.17, 15) is 14.0 Å². The number of carbonyl (C=O) groups excluding carboxylic acids is 2. The van der Waals surface area contributed by atoms with Gasteiger partial charge in [0.2, 0.25) is 11.8 Å². The molecule has 3 N–H and O–H groups in total. The average Bonchev–Trinajstić information content (AvgIpc) is 3.59. The van der Waals surface area contributed by atoms with E-state index < -0.39 is 23.2 Å². The number of carbonyl (C=O) groups is 2. The molecule has 2 fully saturated rings. The minimum Gasteiger partial charge on any atom is -0.470 e. The van der Waals surface area contributed by atoms with Gasteiger partial charge in [-0.3, -0.25) is 4.79 Å². The lowest BCUT2D eigenvalue weighted by Crippen LogP contribution is -2.56. The summed E-state index contributed by atoms with van der Waals surface area (Å²) in [6.45, 7) is 10.3. The monoisotopic (exact) mass is 548 g/mol. The summed E-state index contributed by atoms with van der Waals surface area (Å²) in [6, 6.07) is 5.32. The Balaban J connectivity index is 1.27. The largest absolute Gasteiger partial charge is 0.470 e. The van der Waals surface area contributed by atoms with Crippen LogP contribution in [0.15, 0.2) is 30.6 Å². The quantitative estimate of drug-likeness (QED) is 0.439. The summed E-state index contributed by atoms with van der Waals surface area (Å²) < 4.78 is 25.0. The number of hydrogen-bond donors (Lipinski definition) is 2. The fourth-order valence-corrected chi connectivity index (χ4v) is 5.18. The fraction of sp³-hybridized carbons (Fsp3) is 0.483. The van der Waals surface area contributed by atoms with E-state index in [1.165, 1.54) is 0 Å². The topological polar surface area (TPSA) is 133 Å². The smallest absolute Gasteiger partial charge is 0.340 e. The van der Waals surface area contributed by atoms with E-state index in [1.54, 1.807) is 29.4 Å². The number of ether oxygens (including phenoxy) is 2. The number of likely N-dealkylation sites (tertiary alicyclic amines) is 1. The van der Waals surface area contributed by atoms with Crippen LogP contribution in [0.1, 0.15) is 68.6 Å². The summed E-state index contributed by atoms with van der Waals surface area (Å²) in [5, 5.41) is 4.76. The molecule has 3 aromatic rings. The van der Waals surface area contributed by atoms with E-state index in [0.717, 1.165) is 10.9 Å². The predicted molar refractivity (Wildman–Crippen MR) is 146 cm³/mol. The molecule has 1 aliphatic carbocycles. The van der Waals surface area contributed by atoms with Crippen molar-refractivity contribution < 1.29 is 23.5 Å². The molecule has 5 heterocycles. The Morgan fingerprint density at radius 2 is 1.93 bits per heavy atom. The Morgan fingerprint density at radius 1 is 1.20 bits per heavy atom. The van der Waals surface area contributed by atoms with Gasteiger partial charge in [0, 0.05) is 23.9 Å². The summed E-state index contributed by atoms with van der Waals surface area (Å²) in [5.74, 6) is 0.375. The molecule has 1 amide bonds. The molecule has 3 atom stereocenters. The number of esters is 1. The summed E-state index contributed by atoms with van der Waals surface area (Å²) in [5.41, 5.74) is 7.07. The minimum atomic E-state index is -1.01. The summed E-state index contributed by atoms with van der Waals surface area (Å²) in [6.07, 6.45) is 2.45. The number of fused-ring (bicyclic) bond motifs is 2. The lowest BCUT2D eigenvalue weighted by molar-refractivity contribution is -0.141. The predicted octanol–water partition coefficient (Wildman–Crippen LogP) is 3.96. The number of anilines is 2. The Kier molecular flexibility index (Phi) is 5.99. The molecule has 0 spiro atoms. The van der Waals surface area contributed by atoms with E-state index in [-0.39, 0.29) is 23.9 Å². The van der Waals surface area contributed by atoms with Crippen molar-refractivity contribution in [3.8, 4) is 5.88 Å². The Labute approximate surface area is 231 Å². The number of nitrogens with one attached hydrogen (secondary N) is 1. The van der Waals surface area contributed by atoms with Gasteiger partial charge in [0.15, 0.2) is 0 Å². The van der Waals surface area contributed by atoms with Crippen molar-refractivity contribution in [2.75, 3.05) is 18.4 Å². The molecule has 210 valence electrons. The van der Waals surface area contributed by atoms with Gasteiger partial charge in [-0.1, -0.05) is 6.92 Å². The number of halogens is 1. The molecule has 6 rings (SSSR count). The zero-order valence-corrected chi connectivity index (χ0v) is 23.2. The summed E-state index contributed by atoms with van der Waals surface area (Å²) in [4.78, 5) is 40.2. The minimum absolute atomic E-state index is 0.0951. The molecule has 3 aliphatic rings. The van der Waals surface area contributed by atoms with Crippen LogP contribution in [0.25, 0.3) is 10.8 Å². The number of aromatic nitrogens is 3. The highest BCUT2D eigenvalue weighted by atomic mass is 19.1. The van der Waals surface area contributed by atoms with Crippen LogP contribution in [-0.2, 0) is 15.1 Å². The van der Waals surface area contributed by atoms with Crippen LogP contribution in [0.5, 0.6) is 5.88 Å². The maximum Gasteiger partial charge on any atom is 0.340 e. The Morgan fingerprint density at radius 3 is 2.60 bits per heavy atom. The highest BCUT2D eigenvalue weighted by Crippen LogP contribution is 2.39. The van der Waals surface area contributed by atoms with E-state index >= 15 is 0 Å². The molecule has 0 aromatic carbocycles. The van der Waals surface area contributed by atoms with Gasteiger partial charge in [0.05, 0.1) is 35.7 Å². The van der Waals surface area contributed by atoms with E-state index in [4.69, 9.17) is 20.2 Å². The van der Waals surface area contributed by atoms with Crippen molar-refractivity contribution in [2.45, 2.75) is 70.4 Å². The molecule has 40 heavy (non-hydrogen) atoms. The number of hydrogen-bond acceptors (Lipinski definition) is 9. The van der Waals surface area contributed by atoms with Crippen molar-refractivity contribution >= 4 is 34.3 Å². The molecule has 11 heteroatoms. The molecule has 1 saturated carbocycles. The second kappa shape index (κ2) is 9.09. The van der Waals surface area contributed by atoms with Gasteiger partial charge in [-0.05, 0) is 63.3 Å². The van der Waals surface area contributed by atoms with E-state index in [1.807, 2.05) is 40.7 Å². The first kappa shape index (κ1) is 26.4. The van der Waals surface area contributed by atoms with Crippen LogP contribution < -0.4 is 15.8 Å². The summed E-state index contributed by atoms with van der Waals surface area (Å²) in [7, 11) is 0. The molecule has 2 aliphatic heterocycles. The molecule has 0 bridgehead atoms. The van der Waals surface area contributed by atoms with Crippen molar-refractivity contribution in [1.82, 2.24) is 19.9 Å². The molecule has 3 aromatic heterocycles. The van der Waals surface area contributed by atoms with Gasteiger partial charge in [-0.2, -0.15) is 0 Å². The van der Waals surface area contributed by atoms with Gasteiger partial charge in [-0.15, -0.1) is 0 Å². The van der Waals surface area contributed by atoms with Gasteiger partial charge in [0.1, 0.15) is 29.5 Å². The van der Waals surface area contributed by atoms with Crippen molar-refractivity contribution in [3.05, 3.63) is 47.4 Å². The number of rotatable bonds is 6. The van der Waals surface area contributed by atoms with Crippen molar-refractivity contribution in [3.63, 3.8) is 0 Å². The van der Waals surface area contributed by atoms with E-state index in [0.29, 0.717) is 53.7 Å². The first-order valence-corrected chi connectivity index (χ1v) is 13.5. The Hall–Kier alpha value is -3.86. The zero-order chi connectivity index (χ0) is 28.6. The first-order valence-electron chi connectivity index (χ1n) is 13.5. The molecular weight excluding hydrogens is 515 g/mol. The van der Waals surface area contributed by atoms with Gasteiger partial charge in [0.25, 0.3) is 0 Å². The third-order valence-corrected chi connectivity index (χ3v) is 8.11. The standard InChI is InChI=1S/C29H33FN6O4/c1-14-24-16(27(38)40-29(14,4)5)6-7-22(35-24)34-23-9-17-19(10-32-23)25(33-11-20(17)28(2,3)31)39-15-12-36(13-15)26(37)18-8-21(18)30/h6-7,9-11,14-15,18,21H,8,12-13,31H2,1-5H3,(H,32,34,35)/t14-,18+,21-/m1/s1. The normalized spacial score (nSPS) is 23.7. The van der Waals surface area contributed by atoms with Gasteiger partial charge < -0.3 is 25.4 Å². The maximum absolute atomic E-state index is 13.3. The number of nitrogens with zero attached hydrogens (tertiary/aromatic N) is 4. The average molecular weight is 549 g/mol. The highest BCUT2D eigenvalue weighted by Gasteiger charge is 2.48. The summed E-state index contributed by atoms with van der Waals surface area (Å²) >= 11 is 0. The molecule has 1 saturated heterocycles. The van der Waals surface area contributed by atoms with E-state index in [2.05, 4.69) is 15.3 Å². The fourth-order valence-electron chi connectivity index (χ4n) is 5.18. The van der Waals surface area contributed by atoms with Crippen LogP contribution in [0.3, 0.4) is 0 Å². The molecular formula is C29H33FN6O4. The maximum atomic E-state index is 13.3. The number of cyclic esters (lactones) is 1. The number of amides is 1. The van der Waals surface area contributed by atoms with Gasteiger partial charge in [-0.25, -0.2) is 24.1 Å². The third kappa shape index (κ3) is 4.61. The lowest BCUT2D eigenvalue weighted by Gasteiger charge is -2.39. The molecule has 0 unspecified atom stereocenters. The van der Waals surface area contributed by atoms with Crippen molar-refractivity contribution in [2.24, 2.45) is 11.7 Å². The zero-order valence-electron chi connectivity index (χ0n) is 23.2. The lowest BCUT2D eigenvalue weighted by atomic mass is 9.84. The number of alkyl halides is 1. The highest BCUT2D eigenvalue weighted by molar-refractivity contribution is 5.93. The van der Waals surface area contributed by atoms with Crippen LogP contribution in [0, 0.1) is 5.92 Å². The first-order chi connectivity index (χ1) is 18.8. The number of pyridine rings is 3. The van der Waals surface area contributed by atoms with Crippen LogP contribution >= 0.6 is 0 Å². The SMILES string of the molecule is C[C@@H]1c2nc(Nc3cc4c(C(C)(C)N)cnc(OC5CN(C(=O)[C@H]6C[C@H]6F)C5)c4cn3)ccc2C(=O)OC1(C)C. The van der Waals surface area contributed by atoms with Gasteiger partial charge >= 0.3 is 5.97 Å². The van der Waals surface area contributed by atoms with Crippen LogP contribution in [0.4, 0.5) is 16.0 Å². The second-order valence-corrected chi connectivity index (χ2v) is 12.1. The van der Waals surface area contributed by atoms with Crippen molar-refractivity contribution in [1.29, 1.82) is 0 Å². The number of nitrogens with two attached hydrogens (primary N) is 1. The Bertz CT molecular complexity index is 1530. The van der Waals surface area contributed by atoms with Crippen LogP contribution in [0.2, 0.25) is 0 Å². The second-order valence-electron chi connectivity index (χ2n) is 12.1. The third-order valence-electron chi connectivity index (χ3n) is 8.11. The van der Waals surface area contributed by atoms with Crippen LogP contribution in [-0.4, -0.2) is 62.7 Å².